The third kappa shape index (κ3) is 4.69. The summed E-state index contributed by atoms with van der Waals surface area (Å²) >= 11 is 0. The molecule has 3 rings (SSSR count). The second kappa shape index (κ2) is 8.80. The molecule has 0 aliphatic heterocycles. The summed E-state index contributed by atoms with van der Waals surface area (Å²) in [6, 6.07) is 29.8. The van der Waals surface area contributed by atoms with E-state index in [0.29, 0.717) is 19.4 Å². The van der Waals surface area contributed by atoms with Crippen LogP contribution in [0.2, 0.25) is 0 Å². The fraction of sp³-hybridized carbons (Fsp3) is 0.182. The molecule has 0 unspecified atom stereocenters. The van der Waals surface area contributed by atoms with Gasteiger partial charge in [-0.15, -0.1) is 0 Å². The van der Waals surface area contributed by atoms with Crippen molar-refractivity contribution in [1.29, 1.82) is 0 Å². The van der Waals surface area contributed by atoms with Gasteiger partial charge >= 0.3 is 0 Å². The van der Waals surface area contributed by atoms with Crippen molar-refractivity contribution in [2.45, 2.75) is 13.0 Å². The molecule has 3 heteroatoms. The third-order valence-electron chi connectivity index (χ3n) is 4.22. The summed E-state index contributed by atoms with van der Waals surface area (Å²) in [5.74, 6) is 0. The van der Waals surface area contributed by atoms with E-state index in [1.165, 1.54) is 0 Å². The van der Waals surface area contributed by atoms with Crippen molar-refractivity contribution in [2.75, 3.05) is 12.8 Å². The Morgan fingerprint density at radius 3 is 1.68 bits per heavy atom. The van der Waals surface area contributed by atoms with Crippen LogP contribution in [0.25, 0.3) is 0 Å². The van der Waals surface area contributed by atoms with Crippen molar-refractivity contribution in [3.8, 4) is 0 Å². The van der Waals surface area contributed by atoms with Gasteiger partial charge in [0.05, 0.1) is 6.61 Å². The molecule has 2 nitrogen and oxygen atoms in total. The standard InChI is InChI=1S/C22H23O2P/c23-25(21-13-6-2-7-14-21,22-15-8-3-9-16-22)18-10-17-24-19-20-11-4-1-5-12-20/h1-9,11-16H,10,17-19H2. The van der Waals surface area contributed by atoms with E-state index in [-0.39, 0.29) is 0 Å². The average molecular weight is 350 g/mol. The van der Waals surface area contributed by atoms with Crippen LogP contribution in [-0.2, 0) is 15.9 Å². The number of ether oxygens (including phenoxy) is 1. The van der Waals surface area contributed by atoms with Crippen molar-refractivity contribution in [3.05, 3.63) is 96.6 Å². The smallest absolute Gasteiger partial charge is 0.143 e. The molecule has 0 aromatic heterocycles. The van der Waals surface area contributed by atoms with Gasteiger partial charge in [0, 0.05) is 23.4 Å². The van der Waals surface area contributed by atoms with Crippen LogP contribution < -0.4 is 10.6 Å². The first-order chi connectivity index (χ1) is 12.3. The Bertz CT molecular complexity index is 758. The zero-order valence-corrected chi connectivity index (χ0v) is 15.1. The summed E-state index contributed by atoms with van der Waals surface area (Å²) in [5, 5.41) is 1.84. The van der Waals surface area contributed by atoms with Crippen LogP contribution in [0, 0.1) is 0 Å². The first-order valence-corrected chi connectivity index (χ1v) is 10.5. The van der Waals surface area contributed by atoms with Crippen LogP contribution in [0.3, 0.4) is 0 Å². The quantitative estimate of drug-likeness (QED) is 0.438. The van der Waals surface area contributed by atoms with E-state index in [9.17, 15) is 4.57 Å². The molecule has 128 valence electrons. The molecule has 0 fully saturated rings. The van der Waals surface area contributed by atoms with Crippen molar-refractivity contribution < 1.29 is 9.30 Å². The van der Waals surface area contributed by atoms with Crippen molar-refractivity contribution in [1.82, 2.24) is 0 Å². The summed E-state index contributed by atoms with van der Waals surface area (Å²) in [4.78, 5) is 0. The molecule has 0 saturated heterocycles. The first-order valence-electron chi connectivity index (χ1n) is 8.61. The molecular weight excluding hydrogens is 327 g/mol. The molecule has 0 saturated carbocycles. The Hall–Kier alpha value is -2.15. The maximum Gasteiger partial charge on any atom is 0.143 e. The minimum Gasteiger partial charge on any atom is -0.377 e. The molecule has 3 aromatic carbocycles. The van der Waals surface area contributed by atoms with Crippen molar-refractivity contribution in [3.63, 3.8) is 0 Å². The average Bonchev–Trinajstić information content (AvgIpc) is 2.70. The number of benzene rings is 3. The molecular formula is C22H23O2P. The van der Waals surface area contributed by atoms with Gasteiger partial charge in [-0.05, 0) is 12.0 Å². The van der Waals surface area contributed by atoms with Gasteiger partial charge in [0.1, 0.15) is 7.14 Å². The third-order valence-corrected chi connectivity index (χ3v) is 7.43. The lowest BCUT2D eigenvalue weighted by Gasteiger charge is -2.19. The van der Waals surface area contributed by atoms with Crippen LogP contribution in [0.1, 0.15) is 12.0 Å². The summed E-state index contributed by atoms with van der Waals surface area (Å²) in [6.45, 7) is 1.21. The largest absolute Gasteiger partial charge is 0.377 e. The molecule has 0 atom stereocenters. The van der Waals surface area contributed by atoms with Gasteiger partial charge in [-0.3, -0.25) is 0 Å². The second-order valence-corrected chi connectivity index (χ2v) is 8.99. The Morgan fingerprint density at radius 2 is 1.16 bits per heavy atom. The van der Waals surface area contributed by atoms with E-state index < -0.39 is 7.14 Å². The van der Waals surface area contributed by atoms with Crippen molar-refractivity contribution in [2.24, 2.45) is 0 Å². The van der Waals surface area contributed by atoms with Gasteiger partial charge < -0.3 is 9.30 Å². The maximum absolute atomic E-state index is 13.8. The monoisotopic (exact) mass is 350 g/mol. The van der Waals surface area contributed by atoms with Crippen LogP contribution in [0.15, 0.2) is 91.0 Å². The zero-order chi connectivity index (χ0) is 17.4. The SMILES string of the molecule is O=P(CCCOCc1ccccc1)(c1ccccc1)c1ccccc1. The van der Waals surface area contributed by atoms with E-state index in [1.807, 2.05) is 78.9 Å². The maximum atomic E-state index is 13.8. The van der Waals surface area contributed by atoms with Gasteiger partial charge in [0.2, 0.25) is 0 Å². The van der Waals surface area contributed by atoms with Crippen LogP contribution in [0.5, 0.6) is 0 Å². The lowest BCUT2D eigenvalue weighted by Crippen LogP contribution is -2.19. The lowest BCUT2D eigenvalue weighted by molar-refractivity contribution is 0.122. The second-order valence-electron chi connectivity index (χ2n) is 6.03. The zero-order valence-electron chi connectivity index (χ0n) is 14.3. The van der Waals surface area contributed by atoms with E-state index >= 15 is 0 Å². The Kier molecular flexibility index (Phi) is 6.22. The van der Waals surface area contributed by atoms with Gasteiger partial charge in [-0.1, -0.05) is 91.0 Å². The predicted molar refractivity (Wildman–Crippen MR) is 105 cm³/mol. The highest BCUT2D eigenvalue weighted by Crippen LogP contribution is 2.43. The Morgan fingerprint density at radius 1 is 0.680 bits per heavy atom. The Labute approximate surface area is 149 Å². The van der Waals surface area contributed by atoms with E-state index in [4.69, 9.17) is 4.74 Å². The van der Waals surface area contributed by atoms with Gasteiger partial charge in [0.25, 0.3) is 0 Å². The van der Waals surface area contributed by atoms with Gasteiger partial charge in [-0.2, -0.15) is 0 Å². The fourth-order valence-corrected chi connectivity index (χ4v) is 5.59. The number of rotatable bonds is 8. The number of hydrogen-bond donors (Lipinski definition) is 0. The highest BCUT2D eigenvalue weighted by molar-refractivity contribution is 7.78. The molecule has 0 N–H and O–H groups in total. The summed E-state index contributed by atoms with van der Waals surface area (Å²) in [6.07, 6.45) is 1.39. The van der Waals surface area contributed by atoms with Gasteiger partial charge in [0.15, 0.2) is 0 Å². The minimum absolute atomic E-state index is 0.599. The molecule has 3 aromatic rings. The van der Waals surface area contributed by atoms with Crippen molar-refractivity contribution >= 4 is 17.8 Å². The highest BCUT2D eigenvalue weighted by atomic mass is 31.2. The minimum atomic E-state index is -2.62. The molecule has 0 heterocycles. The van der Waals surface area contributed by atoms with E-state index in [0.717, 1.165) is 22.6 Å². The normalized spacial score (nSPS) is 11.4. The molecule has 0 spiro atoms. The van der Waals surface area contributed by atoms with E-state index in [2.05, 4.69) is 12.1 Å². The Balaban J connectivity index is 1.64. The number of hydrogen-bond acceptors (Lipinski definition) is 2. The molecule has 25 heavy (non-hydrogen) atoms. The van der Waals surface area contributed by atoms with Crippen LogP contribution in [0.4, 0.5) is 0 Å². The molecule has 0 radical (unpaired) electrons. The topological polar surface area (TPSA) is 26.3 Å². The lowest BCUT2D eigenvalue weighted by atomic mass is 10.2. The summed E-state index contributed by atoms with van der Waals surface area (Å²) in [5.41, 5.74) is 1.16. The van der Waals surface area contributed by atoms with E-state index in [1.54, 1.807) is 0 Å². The fourth-order valence-electron chi connectivity index (χ4n) is 2.90. The predicted octanol–water partition coefficient (Wildman–Crippen LogP) is 4.61. The summed E-state index contributed by atoms with van der Waals surface area (Å²) < 4.78 is 19.6. The van der Waals surface area contributed by atoms with Gasteiger partial charge in [-0.25, -0.2) is 0 Å². The molecule has 0 aliphatic carbocycles. The first kappa shape index (κ1) is 17.7. The highest BCUT2D eigenvalue weighted by Gasteiger charge is 2.26. The van der Waals surface area contributed by atoms with Crippen LogP contribution >= 0.6 is 7.14 Å². The molecule has 0 aliphatic rings. The molecule has 0 bridgehead atoms. The molecule has 0 amide bonds. The van der Waals surface area contributed by atoms with Crippen LogP contribution in [-0.4, -0.2) is 12.8 Å². The summed E-state index contributed by atoms with van der Waals surface area (Å²) in [7, 11) is -2.62.